The van der Waals surface area contributed by atoms with Gasteiger partial charge in [-0.1, -0.05) is 64.1 Å². The van der Waals surface area contributed by atoms with Gasteiger partial charge in [-0.15, -0.1) is 0 Å². The van der Waals surface area contributed by atoms with Crippen LogP contribution in [0.4, 0.5) is 4.39 Å². The summed E-state index contributed by atoms with van der Waals surface area (Å²) in [6.07, 6.45) is 2.29. The van der Waals surface area contributed by atoms with Gasteiger partial charge in [-0.25, -0.2) is 9.18 Å². The highest BCUT2D eigenvalue weighted by Gasteiger charge is 2.38. The first-order valence-corrected chi connectivity index (χ1v) is 11.9. The quantitative estimate of drug-likeness (QED) is 0.415. The van der Waals surface area contributed by atoms with Crippen LogP contribution in [-0.4, -0.2) is 11.1 Å². The molecular weight excluding hydrogens is 425 g/mol. The Kier molecular flexibility index (Phi) is 6.39. The highest BCUT2D eigenvalue weighted by atomic mass is 19.1. The molecule has 4 heteroatoms. The normalized spacial score (nSPS) is 17.1. The molecule has 3 aromatic carbocycles. The number of rotatable bonds is 6. The van der Waals surface area contributed by atoms with Crippen molar-refractivity contribution >= 4 is 5.97 Å². The van der Waals surface area contributed by atoms with E-state index >= 15 is 0 Å². The molecule has 1 aliphatic rings. The summed E-state index contributed by atoms with van der Waals surface area (Å²) < 4.78 is 13.8. The lowest BCUT2D eigenvalue weighted by molar-refractivity contribution is 0.0697. The fourth-order valence-corrected chi connectivity index (χ4v) is 5.14. The zero-order chi connectivity index (χ0) is 24.7. The third-order valence-electron chi connectivity index (χ3n) is 7.44. The summed E-state index contributed by atoms with van der Waals surface area (Å²) in [5, 5.41) is 13.0. The van der Waals surface area contributed by atoms with E-state index in [1.165, 1.54) is 28.3 Å². The van der Waals surface area contributed by atoms with Crippen LogP contribution in [0, 0.1) is 12.7 Å². The number of carbonyl (C=O) groups is 1. The SMILES string of the molecule is Cc1cc2c(cc1C(NCc1cccc(F)c1)c1ccc(C(=O)O)cc1)C(C)(C)CCC2(C)C. The molecule has 0 bridgehead atoms. The number of hydrogen-bond acceptors (Lipinski definition) is 2. The number of carboxylic acids is 1. The first-order chi connectivity index (χ1) is 16.0. The topological polar surface area (TPSA) is 49.3 Å². The Morgan fingerprint density at radius 1 is 0.971 bits per heavy atom. The summed E-state index contributed by atoms with van der Waals surface area (Å²) in [5.74, 6) is -1.19. The molecule has 0 fully saturated rings. The van der Waals surface area contributed by atoms with Crippen molar-refractivity contribution in [2.75, 3.05) is 0 Å². The molecule has 0 aliphatic heterocycles. The Bertz CT molecular complexity index is 1210. The number of nitrogens with one attached hydrogen (secondary N) is 1. The van der Waals surface area contributed by atoms with E-state index in [4.69, 9.17) is 0 Å². The molecule has 3 nitrogen and oxygen atoms in total. The maximum Gasteiger partial charge on any atom is 0.335 e. The molecule has 1 aliphatic carbocycles. The minimum Gasteiger partial charge on any atom is -0.478 e. The van der Waals surface area contributed by atoms with Crippen LogP contribution in [0.3, 0.4) is 0 Å². The number of aromatic carboxylic acids is 1. The van der Waals surface area contributed by atoms with Crippen LogP contribution >= 0.6 is 0 Å². The minimum atomic E-state index is -0.940. The molecule has 0 heterocycles. The van der Waals surface area contributed by atoms with Crippen molar-refractivity contribution in [3.05, 3.63) is 105 Å². The van der Waals surface area contributed by atoms with Crippen molar-refractivity contribution in [3.8, 4) is 0 Å². The van der Waals surface area contributed by atoms with Gasteiger partial charge in [0.1, 0.15) is 5.82 Å². The first kappa shape index (κ1) is 24.2. The van der Waals surface area contributed by atoms with Crippen molar-refractivity contribution < 1.29 is 14.3 Å². The highest BCUT2D eigenvalue weighted by molar-refractivity contribution is 5.87. The monoisotopic (exact) mass is 459 g/mol. The molecule has 0 spiro atoms. The Morgan fingerprint density at radius 2 is 1.59 bits per heavy atom. The third-order valence-corrected chi connectivity index (χ3v) is 7.44. The molecule has 0 radical (unpaired) electrons. The largest absolute Gasteiger partial charge is 0.478 e. The van der Waals surface area contributed by atoms with E-state index in [2.05, 4.69) is 52.1 Å². The van der Waals surface area contributed by atoms with E-state index in [1.807, 2.05) is 18.2 Å². The molecule has 3 aromatic rings. The number of halogens is 1. The zero-order valence-corrected chi connectivity index (χ0v) is 20.7. The molecule has 0 saturated heterocycles. The molecule has 178 valence electrons. The van der Waals surface area contributed by atoms with Crippen LogP contribution < -0.4 is 5.32 Å². The summed E-state index contributed by atoms with van der Waals surface area (Å²) in [4.78, 5) is 11.4. The van der Waals surface area contributed by atoms with Crippen LogP contribution in [0.5, 0.6) is 0 Å². The second-order valence-electron chi connectivity index (χ2n) is 10.9. The van der Waals surface area contributed by atoms with Gasteiger partial charge in [0.25, 0.3) is 0 Å². The van der Waals surface area contributed by atoms with Gasteiger partial charge in [0.15, 0.2) is 0 Å². The average molecular weight is 460 g/mol. The van der Waals surface area contributed by atoms with Crippen molar-refractivity contribution in [3.63, 3.8) is 0 Å². The molecule has 2 N–H and O–H groups in total. The summed E-state index contributed by atoms with van der Waals surface area (Å²) in [6.45, 7) is 11.9. The lowest BCUT2D eigenvalue weighted by Gasteiger charge is -2.43. The molecular formula is C30H34FNO2. The van der Waals surface area contributed by atoms with Crippen LogP contribution in [0.25, 0.3) is 0 Å². The molecule has 4 rings (SSSR count). The zero-order valence-electron chi connectivity index (χ0n) is 20.7. The molecule has 34 heavy (non-hydrogen) atoms. The molecule has 1 unspecified atom stereocenters. The Labute approximate surface area is 202 Å². The fraction of sp³-hybridized carbons (Fsp3) is 0.367. The standard InChI is InChI=1S/C30H34FNO2/c1-19-15-25-26(30(4,5)14-13-29(25,2)3)17-24(19)27(21-9-11-22(12-10-21)28(33)34)32-18-20-7-6-8-23(31)16-20/h6-12,15-17,27,32H,13-14,18H2,1-5H3,(H,33,34). The third kappa shape index (κ3) is 4.78. The summed E-state index contributed by atoms with van der Waals surface area (Å²) in [7, 11) is 0. The van der Waals surface area contributed by atoms with E-state index in [-0.39, 0.29) is 28.3 Å². The smallest absolute Gasteiger partial charge is 0.335 e. The average Bonchev–Trinajstić information content (AvgIpc) is 2.78. The summed E-state index contributed by atoms with van der Waals surface area (Å²) in [5.41, 5.74) is 7.47. The van der Waals surface area contributed by atoms with E-state index < -0.39 is 5.97 Å². The van der Waals surface area contributed by atoms with E-state index in [0.717, 1.165) is 24.0 Å². The Hall–Kier alpha value is -2.98. The number of carboxylic acid groups (broad SMARTS) is 1. The van der Waals surface area contributed by atoms with Gasteiger partial charge in [0.2, 0.25) is 0 Å². The second kappa shape index (κ2) is 8.99. The minimum absolute atomic E-state index is 0.0770. The van der Waals surface area contributed by atoms with Gasteiger partial charge in [-0.05, 0) is 88.2 Å². The molecule has 0 saturated carbocycles. The predicted octanol–water partition coefficient (Wildman–Crippen LogP) is 7.06. The van der Waals surface area contributed by atoms with Crippen molar-refractivity contribution in [2.45, 2.75) is 70.9 Å². The lowest BCUT2D eigenvalue weighted by atomic mass is 9.62. The van der Waals surface area contributed by atoms with Gasteiger partial charge in [-0.3, -0.25) is 0 Å². The Balaban J connectivity index is 1.80. The van der Waals surface area contributed by atoms with Crippen molar-refractivity contribution in [1.82, 2.24) is 5.32 Å². The molecule has 0 amide bonds. The summed E-state index contributed by atoms with van der Waals surface area (Å²) in [6, 6.07) is 18.2. The van der Waals surface area contributed by atoms with Gasteiger partial charge >= 0.3 is 5.97 Å². The lowest BCUT2D eigenvalue weighted by Crippen LogP contribution is -2.34. The van der Waals surface area contributed by atoms with Gasteiger partial charge in [0.05, 0.1) is 11.6 Å². The van der Waals surface area contributed by atoms with E-state index in [1.54, 1.807) is 24.3 Å². The van der Waals surface area contributed by atoms with Crippen LogP contribution in [0.15, 0.2) is 60.7 Å². The van der Waals surface area contributed by atoms with Gasteiger partial charge < -0.3 is 10.4 Å². The molecule has 0 aromatic heterocycles. The summed E-state index contributed by atoms with van der Waals surface area (Å²) >= 11 is 0. The van der Waals surface area contributed by atoms with Crippen molar-refractivity contribution in [1.29, 1.82) is 0 Å². The predicted molar refractivity (Wildman–Crippen MR) is 135 cm³/mol. The van der Waals surface area contributed by atoms with Crippen molar-refractivity contribution in [2.24, 2.45) is 0 Å². The fourth-order valence-electron chi connectivity index (χ4n) is 5.14. The number of benzene rings is 3. The van der Waals surface area contributed by atoms with Crippen LogP contribution in [0.1, 0.15) is 90.3 Å². The van der Waals surface area contributed by atoms with Crippen LogP contribution in [0.2, 0.25) is 0 Å². The maximum absolute atomic E-state index is 13.8. The molecule has 1 atom stereocenters. The van der Waals surface area contributed by atoms with E-state index in [0.29, 0.717) is 6.54 Å². The maximum atomic E-state index is 13.8. The van der Waals surface area contributed by atoms with E-state index in [9.17, 15) is 14.3 Å². The first-order valence-electron chi connectivity index (χ1n) is 11.9. The van der Waals surface area contributed by atoms with Gasteiger partial charge in [0, 0.05) is 6.54 Å². The number of hydrogen-bond donors (Lipinski definition) is 2. The number of aryl methyl sites for hydroxylation is 1. The Morgan fingerprint density at radius 3 is 2.18 bits per heavy atom. The van der Waals surface area contributed by atoms with Gasteiger partial charge in [-0.2, -0.15) is 0 Å². The highest BCUT2D eigenvalue weighted by Crippen LogP contribution is 2.47. The number of fused-ring (bicyclic) bond motifs is 1. The second-order valence-corrected chi connectivity index (χ2v) is 10.9. The van der Waals surface area contributed by atoms with Crippen LogP contribution in [-0.2, 0) is 17.4 Å².